The summed E-state index contributed by atoms with van der Waals surface area (Å²) in [7, 11) is 0. The van der Waals surface area contributed by atoms with Gasteiger partial charge < -0.3 is 29.4 Å². The lowest BCUT2D eigenvalue weighted by atomic mass is 10.1. The number of anilines is 2. The molecular weight excluding hydrogens is 502 g/mol. The van der Waals surface area contributed by atoms with Crippen LogP contribution in [-0.2, 0) is 44.5 Å². The van der Waals surface area contributed by atoms with Crippen molar-refractivity contribution in [1.29, 1.82) is 0 Å². The summed E-state index contributed by atoms with van der Waals surface area (Å²) in [5, 5.41) is 12.1. The van der Waals surface area contributed by atoms with E-state index in [9.17, 15) is 19.2 Å². The number of carbonyl (C=O) groups excluding carboxylic acids is 3. The van der Waals surface area contributed by atoms with Crippen LogP contribution in [0.4, 0.5) is 11.5 Å². The minimum atomic E-state index is -1.09. The van der Waals surface area contributed by atoms with Crippen molar-refractivity contribution in [2.45, 2.75) is 51.7 Å². The second-order valence-electron chi connectivity index (χ2n) is 8.45. The summed E-state index contributed by atoms with van der Waals surface area (Å²) in [6, 6.07) is 6.79. The van der Waals surface area contributed by atoms with Gasteiger partial charge in [-0.3, -0.25) is 23.7 Å². The fourth-order valence-electron chi connectivity index (χ4n) is 4.06. The van der Waals surface area contributed by atoms with Crippen LogP contribution in [0, 0.1) is 0 Å². The topological polar surface area (TPSA) is 181 Å². The van der Waals surface area contributed by atoms with E-state index in [4.69, 9.17) is 24.1 Å². The van der Waals surface area contributed by atoms with Gasteiger partial charge in [-0.15, -0.1) is 0 Å². The van der Waals surface area contributed by atoms with Gasteiger partial charge in [0.25, 0.3) is 0 Å². The van der Waals surface area contributed by atoms with Crippen LogP contribution in [0.5, 0.6) is 0 Å². The quantitative estimate of drug-likeness (QED) is 0.302. The summed E-state index contributed by atoms with van der Waals surface area (Å²) < 4.78 is 23.5. The summed E-state index contributed by atoms with van der Waals surface area (Å²) in [4.78, 5) is 59.0. The summed E-state index contributed by atoms with van der Waals surface area (Å²) in [6.45, 7) is 3.39. The third-order valence-corrected chi connectivity index (χ3v) is 5.55. The Morgan fingerprint density at radius 3 is 2.29 bits per heavy atom. The van der Waals surface area contributed by atoms with Crippen LogP contribution in [-0.4, -0.2) is 73.4 Å². The van der Waals surface area contributed by atoms with Crippen molar-refractivity contribution in [2.75, 3.05) is 11.9 Å². The van der Waals surface area contributed by atoms with Crippen molar-refractivity contribution in [2.24, 2.45) is 0 Å². The van der Waals surface area contributed by atoms with Crippen LogP contribution >= 0.6 is 0 Å². The SMILES string of the molecule is CC(=O)OC[C@H]1O[C@@H](n2cnc3c(Nc4ccc(CC(=O)O)cc4)ncnc32)[C@H](OC(C)=O)[C@@H]1OC(C)=O. The standard InChI is InChI=1S/C24H25N5O9/c1-12(30)35-9-17-20(36-13(2)31)21(37-14(3)32)24(38-17)29-11-27-19-22(25-10-26-23(19)29)28-16-6-4-15(5-7-16)8-18(33)34/h4-7,10-11,17,20-21,24H,8-9H2,1-3H3,(H,33,34)(H,25,26,28)/t17-,20-,21-,24-/m1/s1. The molecule has 0 radical (unpaired) electrons. The number of carbonyl (C=O) groups is 4. The van der Waals surface area contributed by atoms with E-state index in [0.29, 0.717) is 28.2 Å². The van der Waals surface area contributed by atoms with Crippen LogP contribution in [0.3, 0.4) is 0 Å². The molecule has 4 atom stereocenters. The number of rotatable bonds is 9. The lowest BCUT2D eigenvalue weighted by Crippen LogP contribution is -2.40. The Kier molecular flexibility index (Phi) is 7.81. The summed E-state index contributed by atoms with van der Waals surface area (Å²) in [6.07, 6.45) is -1.49. The number of aromatic nitrogens is 4. The maximum absolute atomic E-state index is 11.9. The lowest BCUT2D eigenvalue weighted by Gasteiger charge is -2.23. The highest BCUT2D eigenvalue weighted by Crippen LogP contribution is 2.36. The number of hydrogen-bond donors (Lipinski definition) is 2. The number of imidazole rings is 1. The first-order valence-electron chi connectivity index (χ1n) is 11.5. The molecular formula is C24H25N5O9. The molecule has 200 valence electrons. The Morgan fingerprint density at radius 1 is 0.974 bits per heavy atom. The molecule has 0 saturated carbocycles. The lowest BCUT2D eigenvalue weighted by molar-refractivity contribution is -0.166. The molecule has 3 heterocycles. The molecule has 1 aliphatic heterocycles. The molecule has 4 rings (SSSR count). The number of fused-ring (bicyclic) bond motifs is 1. The third-order valence-electron chi connectivity index (χ3n) is 5.55. The minimum absolute atomic E-state index is 0.0971. The van der Waals surface area contributed by atoms with Gasteiger partial charge in [0.15, 0.2) is 35.4 Å². The minimum Gasteiger partial charge on any atom is -0.481 e. The molecule has 38 heavy (non-hydrogen) atoms. The Morgan fingerprint density at radius 2 is 1.66 bits per heavy atom. The van der Waals surface area contributed by atoms with Crippen LogP contribution in [0.25, 0.3) is 11.2 Å². The Labute approximate surface area is 215 Å². The molecule has 1 fully saturated rings. The second-order valence-corrected chi connectivity index (χ2v) is 8.45. The molecule has 14 nitrogen and oxygen atoms in total. The van der Waals surface area contributed by atoms with Crippen LogP contribution in [0.15, 0.2) is 36.9 Å². The van der Waals surface area contributed by atoms with Crippen molar-refractivity contribution in [1.82, 2.24) is 19.5 Å². The van der Waals surface area contributed by atoms with Gasteiger partial charge in [0, 0.05) is 26.5 Å². The van der Waals surface area contributed by atoms with Gasteiger partial charge in [-0.2, -0.15) is 0 Å². The number of hydrogen-bond acceptors (Lipinski definition) is 12. The smallest absolute Gasteiger partial charge is 0.307 e. The number of esters is 3. The average molecular weight is 527 g/mol. The molecule has 2 aromatic heterocycles. The number of carboxylic acid groups (broad SMARTS) is 1. The van der Waals surface area contributed by atoms with E-state index in [1.807, 2.05) is 0 Å². The Hall–Kier alpha value is -4.59. The second kappa shape index (κ2) is 11.2. The first kappa shape index (κ1) is 26.5. The normalized spacial score (nSPS) is 20.6. The largest absolute Gasteiger partial charge is 0.481 e. The summed E-state index contributed by atoms with van der Waals surface area (Å²) >= 11 is 0. The average Bonchev–Trinajstić information content (AvgIpc) is 3.40. The maximum Gasteiger partial charge on any atom is 0.307 e. The highest BCUT2D eigenvalue weighted by molar-refractivity contribution is 5.85. The van der Waals surface area contributed by atoms with Crippen molar-refractivity contribution in [3.63, 3.8) is 0 Å². The molecule has 0 bridgehead atoms. The van der Waals surface area contributed by atoms with E-state index in [1.165, 1.54) is 38.0 Å². The molecule has 0 unspecified atom stereocenters. The highest BCUT2D eigenvalue weighted by Gasteiger charge is 2.51. The monoisotopic (exact) mass is 527 g/mol. The van der Waals surface area contributed by atoms with Gasteiger partial charge in [-0.05, 0) is 17.7 Å². The summed E-state index contributed by atoms with van der Waals surface area (Å²) in [5.74, 6) is -2.41. The van der Waals surface area contributed by atoms with Gasteiger partial charge in [-0.25, -0.2) is 15.0 Å². The number of aliphatic carboxylic acids is 1. The molecule has 3 aromatic rings. The maximum atomic E-state index is 11.9. The number of benzene rings is 1. The predicted octanol–water partition coefficient (Wildman–Crippen LogP) is 1.52. The molecule has 0 aliphatic carbocycles. The van der Waals surface area contributed by atoms with Gasteiger partial charge in [-0.1, -0.05) is 12.1 Å². The molecule has 14 heteroatoms. The predicted molar refractivity (Wildman–Crippen MR) is 128 cm³/mol. The Bertz CT molecular complexity index is 1360. The van der Waals surface area contributed by atoms with Crippen molar-refractivity contribution in [3.05, 3.63) is 42.5 Å². The zero-order valence-corrected chi connectivity index (χ0v) is 20.7. The third kappa shape index (κ3) is 6.03. The van der Waals surface area contributed by atoms with E-state index >= 15 is 0 Å². The van der Waals surface area contributed by atoms with E-state index in [0.717, 1.165) is 0 Å². The number of carboxylic acids is 1. The van der Waals surface area contributed by atoms with Gasteiger partial charge in [0.05, 0.1) is 12.7 Å². The highest BCUT2D eigenvalue weighted by atomic mass is 16.7. The first-order chi connectivity index (χ1) is 18.1. The molecule has 0 spiro atoms. The first-order valence-corrected chi connectivity index (χ1v) is 11.5. The molecule has 1 aromatic carbocycles. The van der Waals surface area contributed by atoms with Crippen molar-refractivity contribution < 1.29 is 43.2 Å². The molecule has 2 N–H and O–H groups in total. The van der Waals surface area contributed by atoms with Crippen LogP contribution in [0.1, 0.15) is 32.6 Å². The van der Waals surface area contributed by atoms with Gasteiger partial charge in [0.1, 0.15) is 19.0 Å². The van der Waals surface area contributed by atoms with E-state index in [-0.39, 0.29) is 13.0 Å². The van der Waals surface area contributed by atoms with Gasteiger partial charge >= 0.3 is 23.9 Å². The fraction of sp³-hybridized carbons (Fsp3) is 0.375. The zero-order chi connectivity index (χ0) is 27.4. The van der Waals surface area contributed by atoms with Crippen LogP contribution in [0.2, 0.25) is 0 Å². The fourth-order valence-corrected chi connectivity index (χ4v) is 4.06. The van der Waals surface area contributed by atoms with Crippen molar-refractivity contribution in [3.8, 4) is 0 Å². The Balaban J connectivity index is 1.65. The number of nitrogens with one attached hydrogen (secondary N) is 1. The van der Waals surface area contributed by atoms with E-state index < -0.39 is 48.4 Å². The van der Waals surface area contributed by atoms with Gasteiger partial charge in [0.2, 0.25) is 0 Å². The summed E-state index contributed by atoms with van der Waals surface area (Å²) in [5.41, 5.74) is 1.96. The van der Waals surface area contributed by atoms with Crippen LogP contribution < -0.4 is 5.32 Å². The molecule has 1 aliphatic rings. The zero-order valence-electron chi connectivity index (χ0n) is 20.7. The number of ether oxygens (including phenoxy) is 4. The van der Waals surface area contributed by atoms with Crippen molar-refractivity contribution >= 4 is 46.5 Å². The number of nitrogens with zero attached hydrogens (tertiary/aromatic N) is 4. The molecule has 1 saturated heterocycles. The molecule has 0 amide bonds. The van der Waals surface area contributed by atoms with E-state index in [2.05, 4.69) is 20.3 Å². The van der Waals surface area contributed by atoms with E-state index in [1.54, 1.807) is 24.3 Å².